The summed E-state index contributed by atoms with van der Waals surface area (Å²) in [5, 5.41) is 0.792. The Labute approximate surface area is 122 Å². The van der Waals surface area contributed by atoms with E-state index < -0.39 is 0 Å². The first kappa shape index (κ1) is 17.7. The number of benzene rings is 1. The van der Waals surface area contributed by atoms with Crippen molar-refractivity contribution in [2.75, 3.05) is 20.1 Å². The molecule has 0 bridgehead atoms. The van der Waals surface area contributed by atoms with E-state index in [4.69, 9.17) is 17.3 Å². The van der Waals surface area contributed by atoms with Gasteiger partial charge in [0.2, 0.25) is 0 Å². The molecule has 0 radical (unpaired) electrons. The average Bonchev–Trinajstić information content (AvgIpc) is 2.27. The SMILES string of the molecule is CC(c1cccc(Cl)c1)N(C)CC(C)(C)CN.Cl. The maximum absolute atomic E-state index is 6.02. The highest BCUT2D eigenvalue weighted by molar-refractivity contribution is 6.30. The molecule has 18 heavy (non-hydrogen) atoms. The van der Waals surface area contributed by atoms with E-state index in [1.54, 1.807) is 0 Å². The second kappa shape index (κ2) is 7.34. The van der Waals surface area contributed by atoms with E-state index in [2.05, 4.69) is 38.8 Å². The van der Waals surface area contributed by atoms with Crippen molar-refractivity contribution in [3.05, 3.63) is 34.9 Å². The lowest BCUT2D eigenvalue weighted by Gasteiger charge is -2.33. The monoisotopic (exact) mass is 290 g/mol. The Bertz CT molecular complexity index is 367. The molecule has 1 unspecified atom stereocenters. The number of rotatable bonds is 5. The van der Waals surface area contributed by atoms with Crippen LogP contribution in [0.3, 0.4) is 0 Å². The van der Waals surface area contributed by atoms with Crippen LogP contribution in [0.1, 0.15) is 32.4 Å². The van der Waals surface area contributed by atoms with Gasteiger partial charge in [-0.15, -0.1) is 12.4 Å². The summed E-state index contributed by atoms with van der Waals surface area (Å²) >= 11 is 6.02. The molecule has 1 rings (SSSR count). The zero-order valence-corrected chi connectivity index (χ0v) is 13.2. The van der Waals surface area contributed by atoms with E-state index in [-0.39, 0.29) is 17.8 Å². The topological polar surface area (TPSA) is 29.3 Å². The van der Waals surface area contributed by atoms with Gasteiger partial charge in [0.05, 0.1) is 0 Å². The van der Waals surface area contributed by atoms with Crippen molar-refractivity contribution < 1.29 is 0 Å². The van der Waals surface area contributed by atoms with Gasteiger partial charge in [0.1, 0.15) is 0 Å². The summed E-state index contributed by atoms with van der Waals surface area (Å²) < 4.78 is 0. The molecule has 104 valence electrons. The van der Waals surface area contributed by atoms with Crippen LogP contribution in [0.4, 0.5) is 0 Å². The van der Waals surface area contributed by atoms with Crippen molar-refractivity contribution in [1.29, 1.82) is 0 Å². The van der Waals surface area contributed by atoms with Crippen LogP contribution in [0.15, 0.2) is 24.3 Å². The molecule has 0 aliphatic rings. The Balaban J connectivity index is 0.00000289. The Kier molecular flexibility index (Phi) is 7.23. The first-order valence-corrected chi connectivity index (χ1v) is 6.39. The predicted molar refractivity (Wildman–Crippen MR) is 82.6 cm³/mol. The summed E-state index contributed by atoms with van der Waals surface area (Å²) in [6.07, 6.45) is 0. The maximum Gasteiger partial charge on any atom is 0.0409 e. The molecule has 0 aliphatic heterocycles. The average molecular weight is 291 g/mol. The molecule has 0 amide bonds. The van der Waals surface area contributed by atoms with E-state index in [9.17, 15) is 0 Å². The van der Waals surface area contributed by atoms with Gasteiger partial charge >= 0.3 is 0 Å². The molecular formula is C14H24Cl2N2. The lowest BCUT2D eigenvalue weighted by Crippen LogP contribution is -2.37. The molecule has 0 saturated heterocycles. The molecule has 1 atom stereocenters. The summed E-state index contributed by atoms with van der Waals surface area (Å²) in [5.41, 5.74) is 7.15. The molecule has 0 heterocycles. The van der Waals surface area contributed by atoms with E-state index in [1.165, 1.54) is 5.56 Å². The number of nitrogens with two attached hydrogens (primary N) is 1. The van der Waals surface area contributed by atoms with E-state index in [0.29, 0.717) is 12.6 Å². The van der Waals surface area contributed by atoms with E-state index in [1.807, 2.05) is 18.2 Å². The van der Waals surface area contributed by atoms with Crippen molar-refractivity contribution in [2.45, 2.75) is 26.8 Å². The van der Waals surface area contributed by atoms with Crippen LogP contribution in [-0.2, 0) is 0 Å². The van der Waals surface area contributed by atoms with Gasteiger partial charge in [-0.2, -0.15) is 0 Å². The molecule has 0 aromatic heterocycles. The van der Waals surface area contributed by atoms with Gasteiger partial charge < -0.3 is 5.73 Å². The van der Waals surface area contributed by atoms with Gasteiger partial charge in [0.15, 0.2) is 0 Å². The smallest absolute Gasteiger partial charge is 0.0409 e. The van der Waals surface area contributed by atoms with Gasteiger partial charge in [0.25, 0.3) is 0 Å². The molecule has 0 fully saturated rings. The van der Waals surface area contributed by atoms with Gasteiger partial charge in [0, 0.05) is 17.6 Å². The quantitative estimate of drug-likeness (QED) is 0.895. The zero-order valence-electron chi connectivity index (χ0n) is 11.6. The van der Waals surface area contributed by atoms with Gasteiger partial charge in [-0.1, -0.05) is 37.6 Å². The van der Waals surface area contributed by atoms with Crippen molar-refractivity contribution >= 4 is 24.0 Å². The van der Waals surface area contributed by atoms with Gasteiger partial charge in [-0.05, 0) is 43.6 Å². The molecule has 0 aliphatic carbocycles. The van der Waals surface area contributed by atoms with E-state index in [0.717, 1.165) is 11.6 Å². The highest BCUT2D eigenvalue weighted by Gasteiger charge is 2.21. The van der Waals surface area contributed by atoms with Crippen molar-refractivity contribution in [3.8, 4) is 0 Å². The fourth-order valence-corrected chi connectivity index (χ4v) is 2.10. The fraction of sp³-hybridized carbons (Fsp3) is 0.571. The normalized spacial score (nSPS) is 13.3. The third-order valence-corrected chi connectivity index (χ3v) is 3.46. The summed E-state index contributed by atoms with van der Waals surface area (Å²) in [5.74, 6) is 0. The summed E-state index contributed by atoms with van der Waals surface area (Å²) in [4.78, 5) is 2.32. The number of halogens is 2. The lowest BCUT2D eigenvalue weighted by molar-refractivity contribution is 0.174. The number of hydrogen-bond acceptors (Lipinski definition) is 2. The van der Waals surface area contributed by atoms with Crippen molar-refractivity contribution in [3.63, 3.8) is 0 Å². The molecule has 1 aromatic rings. The van der Waals surface area contributed by atoms with Crippen molar-refractivity contribution in [1.82, 2.24) is 4.90 Å². The first-order valence-electron chi connectivity index (χ1n) is 6.01. The standard InChI is InChI=1S/C14H23ClN2.ClH/c1-11(12-6-5-7-13(15)8-12)17(4)10-14(2,3)9-16;/h5-8,11H,9-10,16H2,1-4H3;1H. The minimum Gasteiger partial charge on any atom is -0.330 e. The fourth-order valence-electron chi connectivity index (χ4n) is 1.90. The van der Waals surface area contributed by atoms with Crippen molar-refractivity contribution in [2.24, 2.45) is 11.1 Å². The molecule has 2 N–H and O–H groups in total. The van der Waals surface area contributed by atoms with Crippen LogP contribution >= 0.6 is 24.0 Å². The molecular weight excluding hydrogens is 267 g/mol. The summed E-state index contributed by atoms with van der Waals surface area (Å²) in [6.45, 7) is 8.23. The van der Waals surface area contributed by atoms with Crippen LogP contribution < -0.4 is 5.73 Å². The molecule has 1 aromatic carbocycles. The largest absolute Gasteiger partial charge is 0.330 e. The van der Waals surface area contributed by atoms with Gasteiger partial charge in [-0.3, -0.25) is 4.90 Å². The summed E-state index contributed by atoms with van der Waals surface area (Å²) in [7, 11) is 2.13. The highest BCUT2D eigenvalue weighted by Crippen LogP contribution is 2.25. The molecule has 0 saturated carbocycles. The van der Waals surface area contributed by atoms with Crippen LogP contribution in [0, 0.1) is 5.41 Å². The molecule has 0 spiro atoms. The lowest BCUT2D eigenvalue weighted by atomic mass is 9.92. The summed E-state index contributed by atoms with van der Waals surface area (Å²) in [6, 6.07) is 8.39. The van der Waals surface area contributed by atoms with Crippen LogP contribution in [0.25, 0.3) is 0 Å². The second-order valence-electron chi connectivity index (χ2n) is 5.51. The molecule has 4 heteroatoms. The Morgan fingerprint density at radius 2 is 2.00 bits per heavy atom. The number of nitrogens with zero attached hydrogens (tertiary/aromatic N) is 1. The van der Waals surface area contributed by atoms with Crippen LogP contribution in [0.5, 0.6) is 0 Å². The molecule has 2 nitrogen and oxygen atoms in total. The maximum atomic E-state index is 6.02. The van der Waals surface area contributed by atoms with E-state index >= 15 is 0 Å². The van der Waals surface area contributed by atoms with Gasteiger partial charge in [-0.25, -0.2) is 0 Å². The predicted octanol–water partition coefficient (Wildman–Crippen LogP) is 3.74. The van der Waals surface area contributed by atoms with Crippen LogP contribution in [0.2, 0.25) is 5.02 Å². The minimum atomic E-state index is 0. The third kappa shape index (κ3) is 5.15. The number of hydrogen-bond donors (Lipinski definition) is 1. The third-order valence-electron chi connectivity index (χ3n) is 3.22. The highest BCUT2D eigenvalue weighted by atomic mass is 35.5. The second-order valence-corrected chi connectivity index (χ2v) is 5.95. The van der Waals surface area contributed by atoms with Crippen LogP contribution in [-0.4, -0.2) is 25.0 Å². The zero-order chi connectivity index (χ0) is 13.1. The Morgan fingerprint density at radius 1 is 1.39 bits per heavy atom. The first-order chi connectivity index (χ1) is 7.85. The minimum absolute atomic E-state index is 0. The Hall–Kier alpha value is -0.280. The Morgan fingerprint density at radius 3 is 2.50 bits per heavy atom.